The molecule has 0 fully saturated rings. The number of phenolic OH excluding ortho intramolecular Hbond substituents is 2. The van der Waals surface area contributed by atoms with Crippen LogP contribution in [0.3, 0.4) is 0 Å². The Morgan fingerprint density at radius 1 is 0.611 bits per heavy atom. The third-order valence-electron chi connectivity index (χ3n) is 6.11. The second kappa shape index (κ2) is 9.98. The minimum Gasteiger partial charge on any atom is -0.504 e. The smallest absolute Gasteiger partial charge is 0.163 e. The number of aromatic hydroxyl groups is 2. The van der Waals surface area contributed by atoms with Crippen LogP contribution in [0, 0.1) is 0 Å². The molecule has 9 nitrogen and oxygen atoms in total. The number of benzene rings is 3. The Morgan fingerprint density at radius 3 is 1.81 bits per heavy atom. The van der Waals surface area contributed by atoms with Gasteiger partial charge in [-0.25, -0.2) is 0 Å². The van der Waals surface area contributed by atoms with Crippen LogP contribution >= 0.6 is 0 Å². The van der Waals surface area contributed by atoms with Crippen molar-refractivity contribution in [2.24, 2.45) is 0 Å². The minimum absolute atomic E-state index is 0.0806. The van der Waals surface area contributed by atoms with E-state index in [-0.39, 0.29) is 31.3 Å². The van der Waals surface area contributed by atoms with Gasteiger partial charge in [-0.2, -0.15) is 0 Å². The maximum absolute atomic E-state index is 9.99. The van der Waals surface area contributed by atoms with Crippen molar-refractivity contribution in [3.05, 3.63) is 77.4 Å². The monoisotopic (exact) mass is 494 g/mol. The highest BCUT2D eigenvalue weighted by atomic mass is 16.6. The fourth-order valence-corrected chi connectivity index (χ4v) is 4.32. The summed E-state index contributed by atoms with van der Waals surface area (Å²) < 4.78 is 24.4. The lowest BCUT2D eigenvalue weighted by Crippen LogP contribution is -2.37. The number of phenols is 2. The van der Waals surface area contributed by atoms with Crippen LogP contribution < -0.4 is 18.9 Å². The Morgan fingerprint density at radius 2 is 1.19 bits per heavy atom. The van der Waals surface area contributed by atoms with E-state index in [1.807, 2.05) is 6.07 Å². The first-order valence-electron chi connectivity index (χ1n) is 11.5. The molecule has 9 heteroatoms. The van der Waals surface area contributed by atoms with E-state index >= 15 is 0 Å². The molecule has 36 heavy (non-hydrogen) atoms. The molecule has 0 radical (unpaired) electrons. The van der Waals surface area contributed by atoms with Gasteiger partial charge in [0.25, 0.3) is 0 Å². The lowest BCUT2D eigenvalue weighted by Gasteiger charge is -2.36. The number of hydrogen-bond acceptors (Lipinski definition) is 9. The summed E-state index contributed by atoms with van der Waals surface area (Å²) in [7, 11) is 0. The molecule has 4 atom stereocenters. The molecular formula is C27H26O9. The van der Waals surface area contributed by atoms with Gasteiger partial charge < -0.3 is 44.5 Å². The first-order valence-corrected chi connectivity index (χ1v) is 11.5. The number of aliphatic hydroxyl groups is 3. The zero-order valence-electron chi connectivity index (χ0n) is 19.2. The van der Waals surface area contributed by atoms with Gasteiger partial charge in [-0.15, -0.1) is 0 Å². The molecule has 0 saturated heterocycles. The van der Waals surface area contributed by atoms with Crippen molar-refractivity contribution >= 4 is 6.08 Å². The first kappa shape index (κ1) is 23.8. The van der Waals surface area contributed by atoms with E-state index in [9.17, 15) is 20.4 Å². The van der Waals surface area contributed by atoms with Crippen LogP contribution in [0.5, 0.6) is 34.5 Å². The summed E-state index contributed by atoms with van der Waals surface area (Å²) in [5.74, 6) is 1.24. The molecule has 5 rings (SSSR count). The zero-order valence-corrected chi connectivity index (χ0v) is 19.2. The molecule has 0 aromatic heterocycles. The van der Waals surface area contributed by atoms with Crippen LogP contribution in [-0.2, 0) is 0 Å². The molecule has 0 bridgehead atoms. The molecule has 0 saturated carbocycles. The van der Waals surface area contributed by atoms with E-state index < -0.39 is 24.4 Å². The van der Waals surface area contributed by atoms with Gasteiger partial charge >= 0.3 is 0 Å². The summed E-state index contributed by atoms with van der Waals surface area (Å²) in [6.45, 7) is -0.695. The van der Waals surface area contributed by atoms with Crippen molar-refractivity contribution in [3.8, 4) is 34.5 Å². The SMILES string of the molecule is OC/C=C/c1ccc2c(c1)O[C@H](c1ccc3c(c1)O[C@H](c1ccc(O)c(O)c1)[C@@H](CO)O3)[C@@H](CO)O2. The molecule has 3 aromatic carbocycles. The van der Waals surface area contributed by atoms with Crippen LogP contribution in [0.1, 0.15) is 28.9 Å². The topological polar surface area (TPSA) is 138 Å². The lowest BCUT2D eigenvalue weighted by atomic mass is 10.00. The summed E-state index contributed by atoms with van der Waals surface area (Å²) in [5, 5.41) is 48.5. The average molecular weight is 494 g/mol. The third-order valence-corrected chi connectivity index (χ3v) is 6.11. The molecule has 2 heterocycles. The third kappa shape index (κ3) is 4.51. The lowest BCUT2D eigenvalue weighted by molar-refractivity contribution is -0.0173. The highest BCUT2D eigenvalue weighted by Gasteiger charge is 2.36. The molecule has 3 aromatic rings. The largest absolute Gasteiger partial charge is 0.504 e. The summed E-state index contributed by atoms with van der Waals surface area (Å²) >= 11 is 0. The van der Waals surface area contributed by atoms with Gasteiger partial charge in [0.15, 0.2) is 58.9 Å². The maximum atomic E-state index is 9.99. The van der Waals surface area contributed by atoms with E-state index in [1.54, 1.807) is 48.6 Å². The number of ether oxygens (including phenoxy) is 4. The maximum Gasteiger partial charge on any atom is 0.163 e. The minimum atomic E-state index is -0.747. The van der Waals surface area contributed by atoms with Crippen molar-refractivity contribution in [3.63, 3.8) is 0 Å². The van der Waals surface area contributed by atoms with Gasteiger partial charge in [0.2, 0.25) is 0 Å². The average Bonchev–Trinajstić information content (AvgIpc) is 2.91. The predicted octanol–water partition coefficient (Wildman–Crippen LogP) is 2.85. The Labute approximate surface area is 207 Å². The molecular weight excluding hydrogens is 468 g/mol. The molecule has 2 aliphatic heterocycles. The molecule has 0 amide bonds. The molecule has 5 N–H and O–H groups in total. The zero-order chi connectivity index (χ0) is 25.2. The summed E-state index contributed by atoms with van der Waals surface area (Å²) in [6.07, 6.45) is 0.574. The van der Waals surface area contributed by atoms with E-state index in [4.69, 9.17) is 24.1 Å². The number of fused-ring (bicyclic) bond motifs is 2. The van der Waals surface area contributed by atoms with E-state index in [0.29, 0.717) is 34.1 Å². The Bertz CT molecular complexity index is 1270. The first-order chi connectivity index (χ1) is 17.5. The van der Waals surface area contributed by atoms with E-state index in [1.165, 1.54) is 12.1 Å². The van der Waals surface area contributed by atoms with Gasteiger partial charge in [0, 0.05) is 11.1 Å². The fourth-order valence-electron chi connectivity index (χ4n) is 4.32. The highest BCUT2D eigenvalue weighted by Crippen LogP contribution is 2.45. The Balaban J connectivity index is 1.45. The van der Waals surface area contributed by atoms with Gasteiger partial charge in [-0.1, -0.05) is 30.4 Å². The van der Waals surface area contributed by atoms with E-state index in [0.717, 1.165) is 5.56 Å². The molecule has 0 unspecified atom stereocenters. The highest BCUT2D eigenvalue weighted by molar-refractivity contribution is 5.57. The van der Waals surface area contributed by atoms with Gasteiger partial charge in [-0.05, 0) is 42.0 Å². The molecule has 188 valence electrons. The van der Waals surface area contributed by atoms with Crippen LogP contribution in [0.15, 0.2) is 60.7 Å². The van der Waals surface area contributed by atoms with Crippen LogP contribution in [0.2, 0.25) is 0 Å². The van der Waals surface area contributed by atoms with Crippen LogP contribution in [0.25, 0.3) is 6.08 Å². The summed E-state index contributed by atoms with van der Waals surface area (Å²) in [6, 6.07) is 14.9. The van der Waals surface area contributed by atoms with Crippen molar-refractivity contribution in [1.82, 2.24) is 0 Å². The second-order valence-electron chi connectivity index (χ2n) is 8.50. The summed E-state index contributed by atoms with van der Waals surface area (Å²) in [5.41, 5.74) is 2.01. The van der Waals surface area contributed by atoms with Crippen molar-refractivity contribution < 1.29 is 44.5 Å². The van der Waals surface area contributed by atoms with Crippen molar-refractivity contribution in [1.29, 1.82) is 0 Å². The van der Waals surface area contributed by atoms with E-state index in [2.05, 4.69) is 0 Å². The molecule has 2 aliphatic rings. The molecule has 0 aliphatic carbocycles. The fraction of sp³-hybridized carbons (Fsp3) is 0.259. The van der Waals surface area contributed by atoms with Gasteiger partial charge in [0.1, 0.15) is 0 Å². The quantitative estimate of drug-likeness (QED) is 0.328. The molecule has 0 spiro atoms. The normalized spacial score (nSPS) is 22.5. The predicted molar refractivity (Wildman–Crippen MR) is 129 cm³/mol. The van der Waals surface area contributed by atoms with Crippen molar-refractivity contribution in [2.75, 3.05) is 19.8 Å². The number of aliphatic hydroxyl groups excluding tert-OH is 3. The van der Waals surface area contributed by atoms with Gasteiger partial charge in [0.05, 0.1) is 19.8 Å². The second-order valence-corrected chi connectivity index (χ2v) is 8.50. The van der Waals surface area contributed by atoms with Gasteiger partial charge in [-0.3, -0.25) is 0 Å². The van der Waals surface area contributed by atoms with Crippen LogP contribution in [-0.4, -0.2) is 57.6 Å². The number of hydrogen-bond donors (Lipinski definition) is 5. The Hall–Kier alpha value is -3.92. The Kier molecular flexibility index (Phi) is 6.60. The summed E-state index contributed by atoms with van der Waals surface area (Å²) in [4.78, 5) is 0. The van der Waals surface area contributed by atoms with Crippen molar-refractivity contribution in [2.45, 2.75) is 24.4 Å². The standard InChI is InChI=1S/C27H26O9/c28-9-1-2-15-3-7-20-22(10-15)35-27(25(14-30)33-20)17-5-8-21-23(12-17)36-26(24(13-29)34-21)16-4-6-18(31)19(32)11-16/h1-8,10-12,24-32H,9,13-14H2/b2-1+/t24-,25-,26-,27-/m1/s1. The van der Waals surface area contributed by atoms with Crippen LogP contribution in [0.4, 0.5) is 0 Å². The number of rotatable bonds is 6.